The lowest BCUT2D eigenvalue weighted by Crippen LogP contribution is -1.95. The van der Waals surface area contributed by atoms with Crippen LogP contribution in [0.15, 0.2) is 15.9 Å². The van der Waals surface area contributed by atoms with Crippen molar-refractivity contribution in [3.8, 4) is 0 Å². The molecule has 0 aliphatic carbocycles. The number of rotatable bonds is 3. The van der Waals surface area contributed by atoms with Crippen molar-refractivity contribution in [1.29, 1.82) is 0 Å². The second kappa shape index (κ2) is 3.43. The molecule has 0 spiro atoms. The molecule has 0 radical (unpaired) electrons. The summed E-state index contributed by atoms with van der Waals surface area (Å²) in [7, 11) is 0. The molecule has 0 saturated carbocycles. The Morgan fingerprint density at radius 3 is 3.09 bits per heavy atom. The molecule has 0 aromatic carbocycles. The van der Waals surface area contributed by atoms with Crippen LogP contribution in [0.25, 0.3) is 0 Å². The van der Waals surface area contributed by atoms with E-state index in [-0.39, 0.29) is 5.69 Å². The average molecular weight is 173 g/mol. The molecule has 4 nitrogen and oxygen atoms in total. The van der Waals surface area contributed by atoms with Gasteiger partial charge in [0.2, 0.25) is 0 Å². The van der Waals surface area contributed by atoms with E-state index >= 15 is 0 Å². The third kappa shape index (κ3) is 1.98. The number of hydrogen-bond donors (Lipinski definition) is 1. The van der Waals surface area contributed by atoms with E-state index in [0.29, 0.717) is 5.22 Å². The van der Waals surface area contributed by atoms with E-state index in [2.05, 4.69) is 4.98 Å². The van der Waals surface area contributed by atoms with Gasteiger partial charge in [0, 0.05) is 0 Å². The van der Waals surface area contributed by atoms with Crippen molar-refractivity contribution in [2.24, 2.45) is 0 Å². The highest BCUT2D eigenvalue weighted by Crippen LogP contribution is 2.15. The van der Waals surface area contributed by atoms with Crippen LogP contribution in [0.4, 0.5) is 0 Å². The van der Waals surface area contributed by atoms with Gasteiger partial charge < -0.3 is 9.52 Å². The van der Waals surface area contributed by atoms with Gasteiger partial charge in [0.05, 0.1) is 0 Å². The van der Waals surface area contributed by atoms with E-state index < -0.39 is 5.97 Å². The number of aromatic nitrogens is 1. The van der Waals surface area contributed by atoms with Crippen molar-refractivity contribution in [2.75, 3.05) is 5.75 Å². The van der Waals surface area contributed by atoms with E-state index in [4.69, 9.17) is 9.52 Å². The van der Waals surface area contributed by atoms with Gasteiger partial charge in [0.25, 0.3) is 5.22 Å². The topological polar surface area (TPSA) is 63.3 Å². The Morgan fingerprint density at radius 2 is 2.64 bits per heavy atom. The van der Waals surface area contributed by atoms with Gasteiger partial charge in [0.1, 0.15) is 6.26 Å². The quantitative estimate of drug-likeness (QED) is 0.701. The summed E-state index contributed by atoms with van der Waals surface area (Å²) in [6.45, 7) is 1.94. The van der Waals surface area contributed by atoms with Crippen LogP contribution in [0, 0.1) is 0 Å². The molecule has 0 amide bonds. The van der Waals surface area contributed by atoms with E-state index in [1.165, 1.54) is 11.8 Å². The molecule has 1 N–H and O–H groups in total. The Labute approximate surface area is 67.6 Å². The summed E-state index contributed by atoms with van der Waals surface area (Å²) in [5.74, 6) is -0.240. The van der Waals surface area contributed by atoms with Gasteiger partial charge in [-0.1, -0.05) is 18.7 Å². The fourth-order valence-electron chi connectivity index (χ4n) is 0.545. The van der Waals surface area contributed by atoms with E-state index in [9.17, 15) is 4.79 Å². The first-order chi connectivity index (χ1) is 5.24. The predicted octanol–water partition coefficient (Wildman–Crippen LogP) is 1.48. The molecule has 5 heteroatoms. The van der Waals surface area contributed by atoms with Crippen LogP contribution in [0.5, 0.6) is 0 Å². The van der Waals surface area contributed by atoms with Gasteiger partial charge in [-0.2, -0.15) is 4.98 Å². The van der Waals surface area contributed by atoms with Gasteiger partial charge in [0.15, 0.2) is 5.69 Å². The summed E-state index contributed by atoms with van der Waals surface area (Å²) < 4.78 is 4.84. The van der Waals surface area contributed by atoms with E-state index in [1.54, 1.807) is 0 Å². The van der Waals surface area contributed by atoms with Crippen LogP contribution in [0.3, 0.4) is 0 Å². The third-order valence-electron chi connectivity index (χ3n) is 0.970. The molecule has 1 rings (SSSR count). The molecule has 1 heterocycles. The maximum atomic E-state index is 10.3. The van der Waals surface area contributed by atoms with Crippen molar-refractivity contribution < 1.29 is 14.3 Å². The Balaban J connectivity index is 2.73. The fraction of sp³-hybridized carbons (Fsp3) is 0.333. The molecule has 60 valence electrons. The second-order valence-corrected chi connectivity index (χ2v) is 2.95. The highest BCUT2D eigenvalue weighted by Gasteiger charge is 2.09. The Morgan fingerprint density at radius 1 is 1.91 bits per heavy atom. The van der Waals surface area contributed by atoms with Crippen LogP contribution in [0.1, 0.15) is 17.4 Å². The van der Waals surface area contributed by atoms with Gasteiger partial charge in [-0.15, -0.1) is 0 Å². The van der Waals surface area contributed by atoms with Crippen LogP contribution < -0.4 is 0 Å². The SMILES string of the molecule is CCSc1nc(C(=O)O)co1. The summed E-state index contributed by atoms with van der Waals surface area (Å²) in [6, 6.07) is 0. The number of carbonyl (C=O) groups is 1. The standard InChI is InChI=1S/C6H7NO3S/c1-2-11-6-7-4(3-10-6)5(8)9/h3H,2H2,1H3,(H,8,9). The zero-order chi connectivity index (χ0) is 8.27. The molecule has 0 atom stereocenters. The van der Waals surface area contributed by atoms with Crippen molar-refractivity contribution >= 4 is 17.7 Å². The Bertz CT molecular complexity index is 258. The average Bonchev–Trinajstić information content (AvgIpc) is 2.37. The number of aromatic carboxylic acids is 1. The summed E-state index contributed by atoms with van der Waals surface area (Å²) in [5.41, 5.74) is -0.0408. The first kappa shape index (κ1) is 8.13. The van der Waals surface area contributed by atoms with Gasteiger partial charge in [-0.25, -0.2) is 4.79 Å². The molecule has 0 aliphatic rings. The van der Waals surface area contributed by atoms with Crippen LogP contribution in [-0.4, -0.2) is 21.8 Å². The highest BCUT2D eigenvalue weighted by molar-refractivity contribution is 7.99. The summed E-state index contributed by atoms with van der Waals surface area (Å²) in [5, 5.41) is 8.84. The van der Waals surface area contributed by atoms with Gasteiger partial charge in [-0.05, 0) is 5.75 Å². The number of hydrogen-bond acceptors (Lipinski definition) is 4. The molecular formula is C6H7NO3S. The molecule has 11 heavy (non-hydrogen) atoms. The van der Waals surface area contributed by atoms with Crippen molar-refractivity contribution in [1.82, 2.24) is 4.98 Å². The van der Waals surface area contributed by atoms with Crippen LogP contribution in [-0.2, 0) is 0 Å². The van der Waals surface area contributed by atoms with E-state index in [0.717, 1.165) is 12.0 Å². The summed E-state index contributed by atoms with van der Waals surface area (Å²) >= 11 is 1.37. The summed E-state index contributed by atoms with van der Waals surface area (Å²) in [6.07, 6.45) is 1.14. The molecule has 0 unspecified atom stereocenters. The monoisotopic (exact) mass is 173 g/mol. The second-order valence-electron chi connectivity index (χ2n) is 1.74. The molecule has 1 aromatic heterocycles. The summed E-state index contributed by atoms with van der Waals surface area (Å²) in [4.78, 5) is 14.0. The third-order valence-corrected chi connectivity index (χ3v) is 1.69. The maximum absolute atomic E-state index is 10.3. The lowest BCUT2D eigenvalue weighted by atomic mass is 10.5. The largest absolute Gasteiger partial charge is 0.476 e. The molecule has 0 bridgehead atoms. The molecule has 0 aliphatic heterocycles. The number of carboxylic acids is 1. The zero-order valence-corrected chi connectivity index (χ0v) is 6.72. The fourth-order valence-corrected chi connectivity index (χ4v) is 1.07. The lowest BCUT2D eigenvalue weighted by Gasteiger charge is -1.84. The lowest BCUT2D eigenvalue weighted by molar-refractivity contribution is 0.0690. The molecule has 1 aromatic rings. The van der Waals surface area contributed by atoms with Crippen molar-refractivity contribution in [2.45, 2.75) is 12.1 Å². The predicted molar refractivity (Wildman–Crippen MR) is 39.9 cm³/mol. The van der Waals surface area contributed by atoms with Gasteiger partial charge in [-0.3, -0.25) is 0 Å². The maximum Gasteiger partial charge on any atom is 0.357 e. The zero-order valence-electron chi connectivity index (χ0n) is 5.90. The minimum absolute atomic E-state index is 0.0408. The molecule has 0 saturated heterocycles. The number of carboxylic acid groups (broad SMARTS) is 1. The van der Waals surface area contributed by atoms with Crippen molar-refractivity contribution in [3.05, 3.63) is 12.0 Å². The highest BCUT2D eigenvalue weighted by atomic mass is 32.2. The van der Waals surface area contributed by atoms with Crippen LogP contribution in [0.2, 0.25) is 0 Å². The van der Waals surface area contributed by atoms with E-state index in [1.807, 2.05) is 6.92 Å². The number of oxazole rings is 1. The first-order valence-electron chi connectivity index (χ1n) is 3.05. The Hall–Kier alpha value is -0.970. The molecule has 0 fully saturated rings. The number of nitrogens with zero attached hydrogens (tertiary/aromatic N) is 1. The molecular weight excluding hydrogens is 166 g/mol. The minimum atomic E-state index is -1.06. The Kier molecular flexibility index (Phi) is 2.53. The smallest absolute Gasteiger partial charge is 0.357 e. The van der Waals surface area contributed by atoms with Crippen molar-refractivity contribution in [3.63, 3.8) is 0 Å². The number of thioether (sulfide) groups is 1. The first-order valence-corrected chi connectivity index (χ1v) is 4.04. The van der Waals surface area contributed by atoms with Gasteiger partial charge >= 0.3 is 5.97 Å². The van der Waals surface area contributed by atoms with Crippen LogP contribution >= 0.6 is 11.8 Å². The normalized spacial score (nSPS) is 9.91. The minimum Gasteiger partial charge on any atom is -0.476 e.